The van der Waals surface area contributed by atoms with Gasteiger partial charge in [-0.2, -0.15) is 0 Å². The van der Waals surface area contributed by atoms with Crippen LogP contribution in [0.5, 0.6) is 0 Å². The number of fused-ring (bicyclic) bond motifs is 1. The molecule has 140 valence electrons. The number of nitrogens with one attached hydrogen (secondary N) is 1. The van der Waals surface area contributed by atoms with Crippen molar-refractivity contribution in [2.24, 2.45) is 9.98 Å². The zero-order valence-electron chi connectivity index (χ0n) is 15.2. The molecule has 1 heterocycles. The van der Waals surface area contributed by atoms with Gasteiger partial charge in [0.2, 0.25) is 6.41 Å². The molecular formula is C20H21ClN4O2. The third kappa shape index (κ3) is 4.46. The highest BCUT2D eigenvalue weighted by molar-refractivity contribution is 6.31. The van der Waals surface area contributed by atoms with Crippen LogP contribution in [0.2, 0.25) is 5.02 Å². The predicted molar refractivity (Wildman–Crippen MR) is 111 cm³/mol. The maximum absolute atomic E-state index is 11.8. The van der Waals surface area contributed by atoms with Crippen LogP contribution in [0.25, 0.3) is 11.0 Å². The van der Waals surface area contributed by atoms with Gasteiger partial charge in [0.15, 0.2) is 11.6 Å². The Hall–Kier alpha value is -2.86. The Labute approximate surface area is 162 Å². The smallest absolute Gasteiger partial charge is 0.218 e. The molecule has 0 unspecified atom stereocenters. The summed E-state index contributed by atoms with van der Waals surface area (Å²) >= 11 is 6.18. The summed E-state index contributed by atoms with van der Waals surface area (Å²) in [5, 5.41) is 4.66. The quantitative estimate of drug-likeness (QED) is 0.335. The minimum atomic E-state index is 0.392. The van der Waals surface area contributed by atoms with Crippen molar-refractivity contribution < 1.29 is 9.21 Å². The molecule has 2 aromatic rings. The third-order valence-electron chi connectivity index (χ3n) is 4.03. The fraction of sp³-hybridized carbons (Fsp3) is 0.250. The summed E-state index contributed by atoms with van der Waals surface area (Å²) in [7, 11) is 1.70. The summed E-state index contributed by atoms with van der Waals surface area (Å²) in [4.78, 5) is 21.6. The number of amides is 1. The van der Waals surface area contributed by atoms with E-state index in [1.807, 2.05) is 6.92 Å². The van der Waals surface area contributed by atoms with E-state index in [4.69, 9.17) is 16.0 Å². The molecule has 0 radical (unpaired) electrons. The molecule has 1 N–H and O–H groups in total. The standard InChI is InChI=1S/C20H21ClN4O2/c1-3-23-10-4-5-11-25(13-26)18-16-12-14(21)6-9-17(16)27-19(18)20(22-2)24-15-7-8-15/h3-6,9-13,15H,7-8H2,1-2H3,(H,22,24)/b10-4-,11-5+,23-3+. The molecule has 0 atom stereocenters. The van der Waals surface area contributed by atoms with Gasteiger partial charge in [0.25, 0.3) is 0 Å². The third-order valence-corrected chi connectivity index (χ3v) is 4.27. The topological polar surface area (TPSA) is 70.2 Å². The number of hydrogen-bond acceptors (Lipinski definition) is 4. The van der Waals surface area contributed by atoms with Crippen LogP contribution >= 0.6 is 11.6 Å². The second-order valence-electron chi connectivity index (χ2n) is 6.01. The second-order valence-corrected chi connectivity index (χ2v) is 6.45. The normalized spacial score (nSPS) is 15.4. The van der Waals surface area contributed by atoms with Gasteiger partial charge in [0.05, 0.1) is 0 Å². The van der Waals surface area contributed by atoms with E-state index in [0.29, 0.717) is 33.9 Å². The summed E-state index contributed by atoms with van der Waals surface area (Å²) in [5.74, 6) is 1.13. The monoisotopic (exact) mass is 384 g/mol. The number of furan rings is 1. The fourth-order valence-corrected chi connectivity index (χ4v) is 2.79. The molecule has 0 aliphatic heterocycles. The number of anilines is 1. The molecule has 0 saturated heterocycles. The van der Waals surface area contributed by atoms with Crippen LogP contribution in [0.3, 0.4) is 0 Å². The van der Waals surface area contributed by atoms with Gasteiger partial charge < -0.3 is 9.73 Å². The highest BCUT2D eigenvalue weighted by atomic mass is 35.5. The van der Waals surface area contributed by atoms with Gasteiger partial charge in [-0.3, -0.25) is 19.7 Å². The number of benzene rings is 1. The van der Waals surface area contributed by atoms with Crippen LogP contribution in [0, 0.1) is 0 Å². The Morgan fingerprint density at radius 1 is 1.37 bits per heavy atom. The molecular weight excluding hydrogens is 364 g/mol. The first kappa shape index (κ1) is 18.9. The number of hydrogen-bond donors (Lipinski definition) is 1. The number of amidine groups is 1. The van der Waals surface area contributed by atoms with E-state index in [9.17, 15) is 4.79 Å². The van der Waals surface area contributed by atoms with Crippen molar-refractivity contribution in [3.05, 3.63) is 53.5 Å². The van der Waals surface area contributed by atoms with Crippen molar-refractivity contribution in [2.75, 3.05) is 11.9 Å². The largest absolute Gasteiger partial charge is 0.451 e. The van der Waals surface area contributed by atoms with Gasteiger partial charge in [0, 0.05) is 42.1 Å². The molecule has 0 bridgehead atoms. The first-order valence-electron chi connectivity index (χ1n) is 8.68. The predicted octanol–water partition coefficient (Wildman–Crippen LogP) is 4.30. The summed E-state index contributed by atoms with van der Waals surface area (Å²) in [5.41, 5.74) is 1.23. The van der Waals surface area contributed by atoms with Gasteiger partial charge in [0.1, 0.15) is 11.3 Å². The molecule has 1 aromatic heterocycles. The van der Waals surface area contributed by atoms with E-state index in [1.165, 1.54) is 4.90 Å². The Morgan fingerprint density at radius 2 is 2.19 bits per heavy atom. The molecule has 1 aromatic carbocycles. The number of aliphatic imine (C=N–C) groups is 2. The molecule has 1 amide bonds. The van der Waals surface area contributed by atoms with E-state index >= 15 is 0 Å². The van der Waals surface area contributed by atoms with Crippen LogP contribution < -0.4 is 10.2 Å². The lowest BCUT2D eigenvalue weighted by Crippen LogP contribution is -2.28. The zero-order chi connectivity index (χ0) is 19.2. The lowest BCUT2D eigenvalue weighted by molar-refractivity contribution is -0.106. The number of allylic oxidation sites excluding steroid dienone is 2. The first-order valence-corrected chi connectivity index (χ1v) is 9.06. The van der Waals surface area contributed by atoms with Crippen molar-refractivity contribution in [1.82, 2.24) is 5.32 Å². The molecule has 6 nitrogen and oxygen atoms in total. The van der Waals surface area contributed by atoms with Gasteiger partial charge >= 0.3 is 0 Å². The van der Waals surface area contributed by atoms with E-state index in [2.05, 4.69) is 15.3 Å². The van der Waals surface area contributed by atoms with E-state index < -0.39 is 0 Å². The van der Waals surface area contributed by atoms with Gasteiger partial charge in [-0.25, -0.2) is 0 Å². The summed E-state index contributed by atoms with van der Waals surface area (Å²) in [6, 6.07) is 5.72. The zero-order valence-corrected chi connectivity index (χ0v) is 16.0. The van der Waals surface area contributed by atoms with Crippen LogP contribution in [0.4, 0.5) is 5.69 Å². The molecule has 0 spiro atoms. The minimum absolute atomic E-state index is 0.392. The molecule has 1 aliphatic carbocycles. The van der Waals surface area contributed by atoms with E-state index in [1.54, 1.807) is 56.0 Å². The highest BCUT2D eigenvalue weighted by Gasteiger charge is 2.28. The number of halogens is 1. The SMILES string of the molecule is C/C=N/C=C\C=C\N(C=O)c1c(/C(=N\C)NC2CC2)oc2ccc(Cl)cc12. The molecule has 7 heteroatoms. The lowest BCUT2D eigenvalue weighted by atomic mass is 10.2. The van der Waals surface area contributed by atoms with Crippen molar-refractivity contribution >= 4 is 46.7 Å². The Bertz CT molecular complexity index is 939. The van der Waals surface area contributed by atoms with Gasteiger partial charge in [-0.15, -0.1) is 0 Å². The fourth-order valence-electron chi connectivity index (χ4n) is 2.62. The number of carbonyl (C=O) groups excluding carboxylic acids is 1. The Morgan fingerprint density at radius 3 is 2.85 bits per heavy atom. The van der Waals surface area contributed by atoms with E-state index in [-0.39, 0.29) is 0 Å². The lowest BCUT2D eigenvalue weighted by Gasteiger charge is -2.14. The average molecular weight is 385 g/mol. The molecule has 1 aliphatic rings. The van der Waals surface area contributed by atoms with Crippen LogP contribution in [-0.2, 0) is 4.79 Å². The van der Waals surface area contributed by atoms with Crippen LogP contribution in [-0.4, -0.2) is 31.5 Å². The van der Waals surface area contributed by atoms with E-state index in [0.717, 1.165) is 24.6 Å². The number of rotatable bonds is 7. The number of carbonyl (C=O) groups is 1. The maximum atomic E-state index is 11.8. The van der Waals surface area contributed by atoms with Crippen molar-refractivity contribution in [2.45, 2.75) is 25.8 Å². The molecule has 3 rings (SSSR count). The summed E-state index contributed by atoms with van der Waals surface area (Å²) in [6.45, 7) is 1.83. The van der Waals surface area contributed by atoms with Crippen molar-refractivity contribution in [3.63, 3.8) is 0 Å². The minimum Gasteiger partial charge on any atom is -0.451 e. The number of nitrogens with zero attached hydrogens (tertiary/aromatic N) is 3. The Kier molecular flexibility index (Phi) is 6.08. The van der Waals surface area contributed by atoms with Gasteiger partial charge in [-0.05, 0) is 50.1 Å². The van der Waals surface area contributed by atoms with Gasteiger partial charge in [-0.1, -0.05) is 11.6 Å². The Balaban J connectivity index is 2.07. The summed E-state index contributed by atoms with van der Waals surface area (Å²) in [6.07, 6.45) is 11.4. The van der Waals surface area contributed by atoms with Crippen LogP contribution in [0.15, 0.2) is 57.2 Å². The molecule has 1 saturated carbocycles. The highest BCUT2D eigenvalue weighted by Crippen LogP contribution is 2.36. The van der Waals surface area contributed by atoms with Crippen LogP contribution in [0.1, 0.15) is 25.5 Å². The molecule has 1 fully saturated rings. The van der Waals surface area contributed by atoms with Crippen molar-refractivity contribution in [1.29, 1.82) is 0 Å². The van der Waals surface area contributed by atoms with Crippen molar-refractivity contribution in [3.8, 4) is 0 Å². The first-order chi connectivity index (χ1) is 13.2. The molecule has 27 heavy (non-hydrogen) atoms. The average Bonchev–Trinajstić information content (AvgIpc) is 3.42. The summed E-state index contributed by atoms with van der Waals surface area (Å²) < 4.78 is 6.04. The second kappa shape index (κ2) is 8.68. The maximum Gasteiger partial charge on any atom is 0.218 e.